The van der Waals surface area contributed by atoms with Crippen LogP contribution >= 0.6 is 0 Å². The number of hydrogen-bond acceptors (Lipinski definition) is 5. The highest BCUT2D eigenvalue weighted by atomic mass is 16.5. The predicted molar refractivity (Wildman–Crippen MR) is 71.8 cm³/mol. The SMILES string of the molecule is CCCOc1cc(N2CC(CN)CC2C)ncn1. The lowest BCUT2D eigenvalue weighted by atomic mass is 10.1. The van der Waals surface area contributed by atoms with Crippen LogP contribution in [0.1, 0.15) is 26.7 Å². The summed E-state index contributed by atoms with van der Waals surface area (Å²) in [7, 11) is 0. The van der Waals surface area contributed by atoms with Crippen molar-refractivity contribution in [2.24, 2.45) is 11.7 Å². The summed E-state index contributed by atoms with van der Waals surface area (Å²) in [6.07, 6.45) is 3.68. The minimum Gasteiger partial charge on any atom is -0.478 e. The van der Waals surface area contributed by atoms with Gasteiger partial charge in [-0.1, -0.05) is 6.92 Å². The Labute approximate surface area is 108 Å². The summed E-state index contributed by atoms with van der Waals surface area (Å²) < 4.78 is 5.54. The Morgan fingerprint density at radius 1 is 1.50 bits per heavy atom. The first kappa shape index (κ1) is 13.1. The molecule has 2 unspecified atom stereocenters. The highest BCUT2D eigenvalue weighted by Gasteiger charge is 2.29. The number of rotatable bonds is 5. The second kappa shape index (κ2) is 6.00. The molecular formula is C13H22N4O. The first-order valence-corrected chi connectivity index (χ1v) is 6.66. The predicted octanol–water partition coefficient (Wildman–Crippen LogP) is 1.44. The van der Waals surface area contributed by atoms with Crippen LogP contribution in [0.5, 0.6) is 5.88 Å². The molecule has 0 saturated carbocycles. The summed E-state index contributed by atoms with van der Waals surface area (Å²) >= 11 is 0. The largest absolute Gasteiger partial charge is 0.478 e. The van der Waals surface area contributed by atoms with E-state index >= 15 is 0 Å². The third kappa shape index (κ3) is 2.90. The normalized spacial score (nSPS) is 23.4. The molecule has 1 aromatic heterocycles. The molecule has 1 aromatic rings. The fourth-order valence-corrected chi connectivity index (χ4v) is 2.40. The number of aromatic nitrogens is 2. The molecular weight excluding hydrogens is 228 g/mol. The van der Waals surface area contributed by atoms with E-state index in [-0.39, 0.29) is 0 Å². The minimum atomic E-state index is 0.479. The minimum absolute atomic E-state index is 0.479. The molecule has 18 heavy (non-hydrogen) atoms. The molecule has 0 spiro atoms. The summed E-state index contributed by atoms with van der Waals surface area (Å²) in [4.78, 5) is 10.8. The zero-order chi connectivity index (χ0) is 13.0. The number of anilines is 1. The van der Waals surface area contributed by atoms with Crippen molar-refractivity contribution in [1.82, 2.24) is 9.97 Å². The van der Waals surface area contributed by atoms with Gasteiger partial charge in [0.15, 0.2) is 0 Å². The van der Waals surface area contributed by atoms with Gasteiger partial charge >= 0.3 is 0 Å². The van der Waals surface area contributed by atoms with E-state index in [1.54, 1.807) is 6.33 Å². The Morgan fingerprint density at radius 2 is 2.33 bits per heavy atom. The van der Waals surface area contributed by atoms with Crippen LogP contribution in [0, 0.1) is 5.92 Å². The van der Waals surface area contributed by atoms with Gasteiger partial charge < -0.3 is 15.4 Å². The summed E-state index contributed by atoms with van der Waals surface area (Å²) in [6, 6.07) is 2.40. The average molecular weight is 250 g/mol. The second-order valence-corrected chi connectivity index (χ2v) is 4.90. The lowest BCUT2D eigenvalue weighted by Crippen LogP contribution is -2.28. The van der Waals surface area contributed by atoms with Crippen LogP contribution in [-0.2, 0) is 0 Å². The molecule has 1 aliphatic rings. The summed E-state index contributed by atoms with van der Waals surface area (Å²) in [5.74, 6) is 2.17. The van der Waals surface area contributed by atoms with Crippen molar-refractivity contribution in [3.05, 3.63) is 12.4 Å². The zero-order valence-electron chi connectivity index (χ0n) is 11.2. The first-order valence-electron chi connectivity index (χ1n) is 6.66. The molecule has 100 valence electrons. The van der Waals surface area contributed by atoms with Crippen LogP contribution in [0.4, 0.5) is 5.82 Å². The Balaban J connectivity index is 2.08. The maximum absolute atomic E-state index is 5.75. The van der Waals surface area contributed by atoms with E-state index in [1.807, 2.05) is 6.07 Å². The van der Waals surface area contributed by atoms with Gasteiger partial charge in [-0.05, 0) is 32.2 Å². The molecule has 2 atom stereocenters. The molecule has 2 rings (SSSR count). The van der Waals surface area contributed by atoms with Crippen LogP contribution in [-0.4, -0.2) is 35.7 Å². The fraction of sp³-hybridized carbons (Fsp3) is 0.692. The maximum Gasteiger partial charge on any atom is 0.218 e. The fourth-order valence-electron chi connectivity index (χ4n) is 2.40. The van der Waals surface area contributed by atoms with Crippen LogP contribution in [0.25, 0.3) is 0 Å². The van der Waals surface area contributed by atoms with Gasteiger partial charge in [-0.15, -0.1) is 0 Å². The summed E-state index contributed by atoms with van der Waals surface area (Å²) in [6.45, 7) is 6.70. The van der Waals surface area contributed by atoms with Crippen molar-refractivity contribution >= 4 is 5.82 Å². The highest BCUT2D eigenvalue weighted by molar-refractivity contribution is 5.43. The average Bonchev–Trinajstić information content (AvgIpc) is 2.78. The molecule has 5 nitrogen and oxygen atoms in total. The van der Waals surface area contributed by atoms with Crippen molar-refractivity contribution in [3.63, 3.8) is 0 Å². The Morgan fingerprint density at radius 3 is 3.00 bits per heavy atom. The number of hydrogen-bond donors (Lipinski definition) is 1. The van der Waals surface area contributed by atoms with Crippen molar-refractivity contribution < 1.29 is 4.74 Å². The number of nitrogens with two attached hydrogens (primary N) is 1. The Hall–Kier alpha value is -1.36. The van der Waals surface area contributed by atoms with E-state index in [0.29, 0.717) is 24.4 Å². The van der Waals surface area contributed by atoms with Crippen LogP contribution in [0.3, 0.4) is 0 Å². The first-order chi connectivity index (χ1) is 8.74. The van der Waals surface area contributed by atoms with Crippen LogP contribution in [0.15, 0.2) is 12.4 Å². The van der Waals surface area contributed by atoms with E-state index in [1.165, 1.54) is 0 Å². The van der Waals surface area contributed by atoms with Gasteiger partial charge in [-0.25, -0.2) is 9.97 Å². The van der Waals surface area contributed by atoms with Gasteiger partial charge in [-0.3, -0.25) is 0 Å². The lowest BCUT2D eigenvalue weighted by molar-refractivity contribution is 0.304. The van der Waals surface area contributed by atoms with E-state index < -0.39 is 0 Å². The van der Waals surface area contributed by atoms with Gasteiger partial charge in [0, 0.05) is 18.7 Å². The van der Waals surface area contributed by atoms with Crippen molar-refractivity contribution in [2.45, 2.75) is 32.7 Å². The zero-order valence-corrected chi connectivity index (χ0v) is 11.2. The molecule has 0 aromatic carbocycles. The second-order valence-electron chi connectivity index (χ2n) is 4.90. The molecule has 0 bridgehead atoms. The van der Waals surface area contributed by atoms with Crippen LogP contribution < -0.4 is 15.4 Å². The maximum atomic E-state index is 5.75. The standard InChI is InChI=1S/C13H22N4O/c1-3-4-18-13-6-12(15-9-16-13)17-8-11(7-14)5-10(17)2/h6,9-11H,3-5,7-8,14H2,1-2H3. The molecule has 0 radical (unpaired) electrons. The number of nitrogens with zero attached hydrogens (tertiary/aromatic N) is 3. The molecule has 0 aliphatic carbocycles. The van der Waals surface area contributed by atoms with E-state index in [4.69, 9.17) is 10.5 Å². The van der Waals surface area contributed by atoms with E-state index in [2.05, 4.69) is 28.7 Å². The van der Waals surface area contributed by atoms with Gasteiger partial charge in [0.2, 0.25) is 5.88 Å². The molecule has 2 N–H and O–H groups in total. The van der Waals surface area contributed by atoms with E-state index in [9.17, 15) is 0 Å². The van der Waals surface area contributed by atoms with Gasteiger partial charge in [-0.2, -0.15) is 0 Å². The van der Waals surface area contributed by atoms with Gasteiger partial charge in [0.25, 0.3) is 0 Å². The van der Waals surface area contributed by atoms with Gasteiger partial charge in [0.1, 0.15) is 12.1 Å². The molecule has 1 fully saturated rings. The van der Waals surface area contributed by atoms with E-state index in [0.717, 1.165) is 31.7 Å². The lowest BCUT2D eigenvalue weighted by Gasteiger charge is -2.22. The van der Waals surface area contributed by atoms with Gasteiger partial charge in [0.05, 0.1) is 6.61 Å². The summed E-state index contributed by atoms with van der Waals surface area (Å²) in [5, 5.41) is 0. The van der Waals surface area contributed by atoms with Crippen molar-refractivity contribution in [1.29, 1.82) is 0 Å². The highest BCUT2D eigenvalue weighted by Crippen LogP contribution is 2.28. The quantitative estimate of drug-likeness (QED) is 0.856. The third-order valence-electron chi connectivity index (χ3n) is 3.37. The number of ether oxygens (including phenoxy) is 1. The molecule has 5 heteroatoms. The Bertz CT molecular complexity index is 385. The molecule has 2 heterocycles. The summed E-state index contributed by atoms with van der Waals surface area (Å²) in [5.41, 5.74) is 5.75. The van der Waals surface area contributed by atoms with Crippen molar-refractivity contribution in [3.8, 4) is 5.88 Å². The molecule has 0 amide bonds. The Kier molecular flexibility index (Phi) is 4.36. The molecule has 1 aliphatic heterocycles. The smallest absolute Gasteiger partial charge is 0.218 e. The third-order valence-corrected chi connectivity index (χ3v) is 3.37. The van der Waals surface area contributed by atoms with Crippen molar-refractivity contribution in [2.75, 3.05) is 24.6 Å². The topological polar surface area (TPSA) is 64.3 Å². The monoisotopic (exact) mass is 250 g/mol. The molecule has 1 saturated heterocycles. The van der Waals surface area contributed by atoms with Crippen LogP contribution in [0.2, 0.25) is 0 Å².